The summed E-state index contributed by atoms with van der Waals surface area (Å²) in [7, 11) is 0. The standard InChI is InChI=1S/C20H21N3O/c21-15-19(17-7-3-1-4-8-17)20(24)16-22-11-13-23(14-12-22)18-9-5-2-6-10-18/h1-10,24H,11-14,16H2/b20-19-. The van der Waals surface area contributed by atoms with Crippen LogP contribution in [0.25, 0.3) is 5.57 Å². The number of aliphatic hydroxyl groups is 1. The fourth-order valence-corrected chi connectivity index (χ4v) is 2.99. The van der Waals surface area contributed by atoms with Crippen molar-refractivity contribution in [3.63, 3.8) is 0 Å². The Hall–Kier alpha value is -2.77. The Morgan fingerprint density at radius 1 is 0.917 bits per heavy atom. The highest BCUT2D eigenvalue weighted by molar-refractivity contribution is 5.78. The molecule has 2 aromatic rings. The van der Waals surface area contributed by atoms with Crippen molar-refractivity contribution in [2.75, 3.05) is 37.6 Å². The zero-order chi connectivity index (χ0) is 16.8. The number of anilines is 1. The van der Waals surface area contributed by atoms with Gasteiger partial charge in [-0.25, -0.2) is 0 Å². The molecule has 24 heavy (non-hydrogen) atoms. The molecule has 1 heterocycles. The van der Waals surface area contributed by atoms with Crippen LogP contribution in [0.15, 0.2) is 66.4 Å². The summed E-state index contributed by atoms with van der Waals surface area (Å²) in [6, 6.07) is 21.8. The summed E-state index contributed by atoms with van der Waals surface area (Å²) >= 11 is 0. The van der Waals surface area contributed by atoms with E-state index in [-0.39, 0.29) is 5.76 Å². The molecule has 1 fully saturated rings. The molecule has 1 aliphatic rings. The third-order valence-corrected chi connectivity index (χ3v) is 4.33. The SMILES string of the molecule is N#C/C(=C(/O)CN1CCN(c2ccccc2)CC1)c1ccccc1. The highest BCUT2D eigenvalue weighted by Gasteiger charge is 2.19. The summed E-state index contributed by atoms with van der Waals surface area (Å²) in [5, 5.41) is 19.8. The maximum Gasteiger partial charge on any atom is 0.125 e. The average molecular weight is 319 g/mol. The molecule has 0 spiro atoms. The third kappa shape index (κ3) is 3.76. The van der Waals surface area contributed by atoms with Crippen molar-refractivity contribution in [2.45, 2.75) is 0 Å². The maximum atomic E-state index is 10.4. The monoisotopic (exact) mass is 319 g/mol. The molecule has 4 heteroatoms. The largest absolute Gasteiger partial charge is 0.510 e. The molecule has 0 bridgehead atoms. The van der Waals surface area contributed by atoms with E-state index < -0.39 is 0 Å². The van der Waals surface area contributed by atoms with Gasteiger partial charge >= 0.3 is 0 Å². The van der Waals surface area contributed by atoms with Crippen LogP contribution in [0.5, 0.6) is 0 Å². The van der Waals surface area contributed by atoms with Gasteiger partial charge in [0.1, 0.15) is 11.8 Å². The van der Waals surface area contributed by atoms with Crippen LogP contribution < -0.4 is 4.90 Å². The number of hydrogen-bond acceptors (Lipinski definition) is 4. The van der Waals surface area contributed by atoms with Crippen LogP contribution in [-0.2, 0) is 0 Å². The third-order valence-electron chi connectivity index (χ3n) is 4.33. The molecule has 0 unspecified atom stereocenters. The van der Waals surface area contributed by atoms with E-state index in [9.17, 15) is 10.4 Å². The van der Waals surface area contributed by atoms with Crippen molar-refractivity contribution in [3.8, 4) is 6.07 Å². The number of allylic oxidation sites excluding steroid dienone is 1. The highest BCUT2D eigenvalue weighted by atomic mass is 16.3. The van der Waals surface area contributed by atoms with E-state index in [1.165, 1.54) is 5.69 Å². The van der Waals surface area contributed by atoms with Crippen LogP contribution in [0.3, 0.4) is 0 Å². The lowest BCUT2D eigenvalue weighted by molar-refractivity contribution is 0.239. The predicted octanol–water partition coefficient (Wildman–Crippen LogP) is 3.30. The Labute approximate surface area is 142 Å². The lowest BCUT2D eigenvalue weighted by Crippen LogP contribution is -2.47. The molecule has 3 rings (SSSR count). The quantitative estimate of drug-likeness (QED) is 0.694. The van der Waals surface area contributed by atoms with Gasteiger partial charge in [0.05, 0.1) is 12.1 Å². The average Bonchev–Trinajstić information content (AvgIpc) is 2.64. The van der Waals surface area contributed by atoms with Crippen LogP contribution in [0.2, 0.25) is 0 Å². The Balaban J connectivity index is 1.63. The van der Waals surface area contributed by atoms with Crippen molar-refractivity contribution in [1.82, 2.24) is 4.90 Å². The molecule has 1 saturated heterocycles. The van der Waals surface area contributed by atoms with E-state index >= 15 is 0 Å². The number of hydrogen-bond donors (Lipinski definition) is 1. The van der Waals surface area contributed by atoms with E-state index in [0.29, 0.717) is 12.1 Å². The number of aliphatic hydroxyl groups excluding tert-OH is 1. The van der Waals surface area contributed by atoms with Crippen LogP contribution in [0.1, 0.15) is 5.56 Å². The van der Waals surface area contributed by atoms with E-state index in [0.717, 1.165) is 31.7 Å². The fourth-order valence-electron chi connectivity index (χ4n) is 2.99. The summed E-state index contributed by atoms with van der Waals surface area (Å²) in [5.74, 6) is 0.150. The summed E-state index contributed by atoms with van der Waals surface area (Å²) in [6.07, 6.45) is 0. The minimum absolute atomic E-state index is 0.150. The molecule has 1 aliphatic heterocycles. The van der Waals surface area contributed by atoms with Gasteiger partial charge in [-0.05, 0) is 17.7 Å². The molecular weight excluding hydrogens is 298 g/mol. The van der Waals surface area contributed by atoms with Crippen LogP contribution in [-0.4, -0.2) is 42.7 Å². The number of piperazine rings is 1. The van der Waals surface area contributed by atoms with Gasteiger partial charge in [0, 0.05) is 31.9 Å². The van der Waals surface area contributed by atoms with Crippen LogP contribution in [0.4, 0.5) is 5.69 Å². The van der Waals surface area contributed by atoms with Crippen LogP contribution in [0, 0.1) is 11.3 Å². The maximum absolute atomic E-state index is 10.4. The molecule has 0 aliphatic carbocycles. The zero-order valence-corrected chi connectivity index (χ0v) is 13.6. The first-order valence-corrected chi connectivity index (χ1v) is 8.18. The van der Waals surface area contributed by atoms with Crippen molar-refractivity contribution >= 4 is 11.3 Å². The summed E-state index contributed by atoms with van der Waals surface area (Å²) in [4.78, 5) is 4.54. The van der Waals surface area contributed by atoms with E-state index in [1.54, 1.807) is 0 Å². The van der Waals surface area contributed by atoms with Gasteiger partial charge in [-0.3, -0.25) is 4.90 Å². The first-order valence-electron chi connectivity index (χ1n) is 8.18. The summed E-state index contributed by atoms with van der Waals surface area (Å²) in [5.41, 5.74) is 2.36. The summed E-state index contributed by atoms with van der Waals surface area (Å²) < 4.78 is 0. The van der Waals surface area contributed by atoms with Gasteiger partial charge in [0.15, 0.2) is 0 Å². The van der Waals surface area contributed by atoms with Gasteiger partial charge in [-0.15, -0.1) is 0 Å². The van der Waals surface area contributed by atoms with Gasteiger partial charge in [0.25, 0.3) is 0 Å². The van der Waals surface area contributed by atoms with Crippen LogP contribution >= 0.6 is 0 Å². The Kier molecular flexibility index (Phi) is 5.15. The van der Waals surface area contributed by atoms with Gasteiger partial charge in [-0.2, -0.15) is 5.26 Å². The normalized spacial score (nSPS) is 16.4. The first-order chi connectivity index (χ1) is 11.8. The molecule has 1 N–H and O–H groups in total. The van der Waals surface area contributed by atoms with Crippen molar-refractivity contribution in [2.24, 2.45) is 0 Å². The molecule has 122 valence electrons. The number of nitriles is 1. The summed E-state index contributed by atoms with van der Waals surface area (Å²) in [6.45, 7) is 3.99. The topological polar surface area (TPSA) is 50.5 Å². The Bertz CT molecular complexity index is 726. The number of nitrogens with zero attached hydrogens (tertiary/aromatic N) is 3. The van der Waals surface area contributed by atoms with E-state index in [4.69, 9.17) is 0 Å². The van der Waals surface area contributed by atoms with E-state index in [2.05, 4.69) is 40.1 Å². The minimum Gasteiger partial charge on any atom is -0.510 e. The number of para-hydroxylation sites is 1. The lowest BCUT2D eigenvalue weighted by atomic mass is 10.1. The molecule has 0 atom stereocenters. The van der Waals surface area contributed by atoms with Gasteiger partial charge in [-0.1, -0.05) is 48.5 Å². The van der Waals surface area contributed by atoms with Crippen molar-refractivity contribution in [3.05, 3.63) is 72.0 Å². The minimum atomic E-state index is 0.150. The van der Waals surface area contributed by atoms with Gasteiger partial charge in [0.2, 0.25) is 0 Å². The van der Waals surface area contributed by atoms with Crippen molar-refractivity contribution < 1.29 is 5.11 Å². The molecule has 0 aromatic heterocycles. The molecule has 4 nitrogen and oxygen atoms in total. The molecule has 2 aromatic carbocycles. The first kappa shape index (κ1) is 16.1. The second kappa shape index (κ2) is 7.67. The fraction of sp³-hybridized carbons (Fsp3) is 0.250. The Morgan fingerprint density at radius 3 is 2.08 bits per heavy atom. The molecule has 0 amide bonds. The zero-order valence-electron chi connectivity index (χ0n) is 13.6. The second-order valence-corrected chi connectivity index (χ2v) is 5.90. The lowest BCUT2D eigenvalue weighted by Gasteiger charge is -2.36. The Morgan fingerprint density at radius 2 is 1.50 bits per heavy atom. The van der Waals surface area contributed by atoms with Crippen molar-refractivity contribution in [1.29, 1.82) is 5.26 Å². The van der Waals surface area contributed by atoms with Gasteiger partial charge < -0.3 is 10.0 Å². The smallest absolute Gasteiger partial charge is 0.125 e. The van der Waals surface area contributed by atoms with E-state index in [1.807, 2.05) is 36.4 Å². The number of benzene rings is 2. The highest BCUT2D eigenvalue weighted by Crippen LogP contribution is 2.19. The predicted molar refractivity (Wildman–Crippen MR) is 96.7 cm³/mol. The molecular formula is C20H21N3O. The number of rotatable bonds is 4. The molecule has 0 radical (unpaired) electrons. The second-order valence-electron chi connectivity index (χ2n) is 5.90. The molecule has 0 saturated carbocycles.